The molecule has 0 fully saturated rings. The molecule has 0 aliphatic rings. The molecule has 1 rings (SSSR count). The second kappa shape index (κ2) is 7.33. The summed E-state index contributed by atoms with van der Waals surface area (Å²) in [6.07, 6.45) is 2.22. The van der Waals surface area contributed by atoms with Gasteiger partial charge >= 0.3 is 0 Å². The highest BCUT2D eigenvalue weighted by atomic mass is 16.2. The zero-order valence-corrected chi connectivity index (χ0v) is 11.0. The van der Waals surface area contributed by atoms with Crippen LogP contribution in [0.15, 0.2) is 36.9 Å². The van der Waals surface area contributed by atoms with Crippen LogP contribution in [0.3, 0.4) is 0 Å². The first-order chi connectivity index (χ1) is 9.08. The fraction of sp³-hybridized carbons (Fsp3) is 0.286. The van der Waals surface area contributed by atoms with Gasteiger partial charge in [0.05, 0.1) is 12.5 Å². The Hall–Kier alpha value is -2.14. The Morgan fingerprint density at radius 3 is 2.74 bits per heavy atom. The first-order valence-corrected chi connectivity index (χ1v) is 6.04. The molecule has 19 heavy (non-hydrogen) atoms. The van der Waals surface area contributed by atoms with Crippen molar-refractivity contribution in [2.75, 3.05) is 12.4 Å². The van der Waals surface area contributed by atoms with E-state index in [-0.39, 0.29) is 18.2 Å². The van der Waals surface area contributed by atoms with Crippen LogP contribution in [0.4, 0.5) is 5.69 Å². The summed E-state index contributed by atoms with van der Waals surface area (Å²) in [5.41, 5.74) is 7.05. The Balaban J connectivity index is 2.80. The van der Waals surface area contributed by atoms with Crippen LogP contribution < -0.4 is 16.4 Å². The Morgan fingerprint density at radius 1 is 1.42 bits per heavy atom. The Kier molecular flexibility index (Phi) is 5.75. The molecule has 1 atom stereocenters. The summed E-state index contributed by atoms with van der Waals surface area (Å²) in [5.74, 6) is -0.402. The topological polar surface area (TPSA) is 84.2 Å². The molecular weight excluding hydrogens is 242 g/mol. The number of carbonyl (C=O) groups is 2. The molecule has 0 heterocycles. The molecule has 0 aromatic heterocycles. The smallest absolute Gasteiger partial charge is 0.241 e. The third kappa shape index (κ3) is 4.56. The van der Waals surface area contributed by atoms with Crippen molar-refractivity contribution in [2.45, 2.75) is 18.9 Å². The molecule has 1 aromatic rings. The second-order valence-corrected chi connectivity index (χ2v) is 4.13. The SMILES string of the molecule is C=CCC(N)C(=O)Nc1ccccc1CC(=O)NC. The minimum absolute atomic E-state index is 0.114. The number of carbonyl (C=O) groups excluding carboxylic acids is 2. The van der Waals surface area contributed by atoms with Gasteiger partial charge in [-0.05, 0) is 18.1 Å². The number of nitrogens with one attached hydrogen (secondary N) is 2. The van der Waals surface area contributed by atoms with Gasteiger partial charge in [-0.2, -0.15) is 0 Å². The summed E-state index contributed by atoms with van der Waals surface area (Å²) < 4.78 is 0. The van der Waals surface area contributed by atoms with E-state index in [1.807, 2.05) is 6.07 Å². The van der Waals surface area contributed by atoms with Crippen LogP contribution in [0.2, 0.25) is 0 Å². The van der Waals surface area contributed by atoms with E-state index in [1.54, 1.807) is 31.3 Å². The van der Waals surface area contributed by atoms with Crippen LogP contribution in [0.1, 0.15) is 12.0 Å². The van der Waals surface area contributed by atoms with Gasteiger partial charge in [0.1, 0.15) is 0 Å². The Morgan fingerprint density at radius 2 is 2.11 bits per heavy atom. The number of hydrogen-bond acceptors (Lipinski definition) is 3. The maximum atomic E-state index is 11.8. The zero-order valence-electron chi connectivity index (χ0n) is 11.0. The van der Waals surface area contributed by atoms with Crippen LogP contribution >= 0.6 is 0 Å². The van der Waals surface area contributed by atoms with Crippen molar-refractivity contribution in [3.63, 3.8) is 0 Å². The third-order valence-electron chi connectivity index (χ3n) is 2.66. The van der Waals surface area contributed by atoms with Crippen molar-refractivity contribution >= 4 is 17.5 Å². The van der Waals surface area contributed by atoms with E-state index in [1.165, 1.54) is 0 Å². The number of amides is 2. The lowest BCUT2D eigenvalue weighted by Crippen LogP contribution is -2.35. The second-order valence-electron chi connectivity index (χ2n) is 4.13. The molecule has 0 saturated heterocycles. The highest BCUT2D eigenvalue weighted by Crippen LogP contribution is 2.16. The van der Waals surface area contributed by atoms with Crippen LogP contribution in [0, 0.1) is 0 Å². The highest BCUT2D eigenvalue weighted by molar-refractivity contribution is 5.96. The summed E-state index contributed by atoms with van der Waals surface area (Å²) in [7, 11) is 1.57. The minimum atomic E-state index is -0.634. The van der Waals surface area contributed by atoms with Gasteiger partial charge in [-0.3, -0.25) is 9.59 Å². The molecule has 0 bridgehead atoms. The quantitative estimate of drug-likeness (QED) is 0.663. The average molecular weight is 261 g/mol. The molecule has 0 aliphatic heterocycles. The molecule has 4 N–H and O–H groups in total. The fourth-order valence-corrected chi connectivity index (χ4v) is 1.57. The minimum Gasteiger partial charge on any atom is -0.359 e. The van der Waals surface area contributed by atoms with Gasteiger partial charge in [0.15, 0.2) is 0 Å². The summed E-state index contributed by atoms with van der Waals surface area (Å²) in [4.78, 5) is 23.2. The number of para-hydroxylation sites is 1. The first-order valence-electron chi connectivity index (χ1n) is 6.04. The number of anilines is 1. The van der Waals surface area contributed by atoms with Crippen LogP contribution in [-0.2, 0) is 16.0 Å². The van der Waals surface area contributed by atoms with E-state index in [4.69, 9.17) is 5.73 Å². The molecular formula is C14H19N3O2. The molecule has 0 radical (unpaired) electrons. The van der Waals surface area contributed by atoms with Gasteiger partial charge in [0.25, 0.3) is 0 Å². The van der Waals surface area contributed by atoms with Crippen molar-refractivity contribution in [1.82, 2.24) is 5.32 Å². The van der Waals surface area contributed by atoms with E-state index < -0.39 is 6.04 Å². The van der Waals surface area contributed by atoms with Gasteiger partial charge in [-0.1, -0.05) is 24.3 Å². The maximum absolute atomic E-state index is 11.8. The number of hydrogen-bond donors (Lipinski definition) is 3. The van der Waals surface area contributed by atoms with E-state index in [0.717, 1.165) is 5.56 Å². The Bertz CT molecular complexity index is 472. The van der Waals surface area contributed by atoms with Crippen LogP contribution in [-0.4, -0.2) is 24.9 Å². The summed E-state index contributed by atoms with van der Waals surface area (Å²) in [5, 5.41) is 5.28. The van der Waals surface area contributed by atoms with Gasteiger partial charge < -0.3 is 16.4 Å². The molecule has 5 heteroatoms. The highest BCUT2D eigenvalue weighted by Gasteiger charge is 2.14. The molecule has 1 unspecified atom stereocenters. The lowest BCUT2D eigenvalue weighted by atomic mass is 10.1. The summed E-state index contributed by atoms with van der Waals surface area (Å²) in [6, 6.07) is 6.52. The van der Waals surface area contributed by atoms with Crippen molar-refractivity contribution in [2.24, 2.45) is 5.73 Å². The molecule has 1 aromatic carbocycles. The number of rotatable bonds is 6. The average Bonchev–Trinajstić information content (AvgIpc) is 2.41. The third-order valence-corrected chi connectivity index (χ3v) is 2.66. The van der Waals surface area contributed by atoms with Crippen LogP contribution in [0.25, 0.3) is 0 Å². The van der Waals surface area contributed by atoms with Gasteiger partial charge in [-0.15, -0.1) is 6.58 Å². The molecule has 2 amide bonds. The van der Waals surface area contributed by atoms with Crippen molar-refractivity contribution in [1.29, 1.82) is 0 Å². The van der Waals surface area contributed by atoms with Crippen molar-refractivity contribution in [3.05, 3.63) is 42.5 Å². The predicted molar refractivity (Wildman–Crippen MR) is 75.6 cm³/mol. The lowest BCUT2D eigenvalue weighted by molar-refractivity contribution is -0.120. The normalized spacial score (nSPS) is 11.5. The van der Waals surface area contributed by atoms with E-state index in [9.17, 15) is 9.59 Å². The van der Waals surface area contributed by atoms with Crippen molar-refractivity contribution < 1.29 is 9.59 Å². The fourth-order valence-electron chi connectivity index (χ4n) is 1.57. The molecule has 102 valence electrons. The van der Waals surface area contributed by atoms with Crippen molar-refractivity contribution in [3.8, 4) is 0 Å². The summed E-state index contributed by atoms with van der Waals surface area (Å²) >= 11 is 0. The van der Waals surface area contributed by atoms with Gasteiger partial charge in [0, 0.05) is 12.7 Å². The Labute approximate surface area is 112 Å². The molecule has 5 nitrogen and oxygen atoms in total. The lowest BCUT2D eigenvalue weighted by Gasteiger charge is -2.13. The predicted octanol–water partition coefficient (Wildman–Crippen LogP) is 0.817. The largest absolute Gasteiger partial charge is 0.359 e. The standard InChI is InChI=1S/C14H19N3O2/c1-3-6-11(15)14(19)17-12-8-5-4-7-10(12)9-13(18)16-2/h3-5,7-8,11H,1,6,9,15H2,2H3,(H,16,18)(H,17,19). The van der Waals surface area contributed by atoms with E-state index >= 15 is 0 Å². The zero-order chi connectivity index (χ0) is 14.3. The van der Waals surface area contributed by atoms with Crippen LogP contribution in [0.5, 0.6) is 0 Å². The molecule has 0 saturated carbocycles. The molecule has 0 spiro atoms. The first kappa shape index (κ1) is 14.9. The monoisotopic (exact) mass is 261 g/mol. The van der Waals surface area contributed by atoms with Gasteiger partial charge in [0.2, 0.25) is 11.8 Å². The van der Waals surface area contributed by atoms with Gasteiger partial charge in [-0.25, -0.2) is 0 Å². The number of nitrogens with two attached hydrogens (primary N) is 1. The number of likely N-dealkylation sites (N-methyl/N-ethyl adjacent to an activating group) is 1. The molecule has 0 aliphatic carbocycles. The maximum Gasteiger partial charge on any atom is 0.241 e. The summed E-state index contributed by atoms with van der Waals surface area (Å²) in [6.45, 7) is 3.55. The van der Waals surface area contributed by atoms with E-state index in [0.29, 0.717) is 12.1 Å². The number of benzene rings is 1. The van der Waals surface area contributed by atoms with E-state index in [2.05, 4.69) is 17.2 Å².